The second-order valence-corrected chi connectivity index (χ2v) is 2.59. The molecule has 2 N–H and O–H groups in total. The molecule has 0 atom stereocenters. The molecule has 0 bridgehead atoms. The number of halogens is 6. The van der Waals surface area contributed by atoms with Gasteiger partial charge in [-0.2, -0.15) is 4.39 Å². The van der Waals surface area contributed by atoms with E-state index in [1.54, 1.807) is 0 Å². The first-order chi connectivity index (χ1) is 7.22. The Bertz CT molecular complexity index is 391. The van der Waals surface area contributed by atoms with Gasteiger partial charge in [-0.15, -0.1) is 13.2 Å². The van der Waals surface area contributed by atoms with E-state index in [2.05, 4.69) is 9.72 Å². The van der Waals surface area contributed by atoms with Gasteiger partial charge < -0.3 is 10.5 Å². The van der Waals surface area contributed by atoms with E-state index in [9.17, 15) is 26.3 Å². The molecule has 90 valence electrons. The Hall–Kier alpha value is -1.67. The number of hydrogen-bond donors (Lipinski definition) is 1. The van der Waals surface area contributed by atoms with Crippen molar-refractivity contribution in [1.29, 1.82) is 0 Å². The highest BCUT2D eigenvalue weighted by molar-refractivity contribution is 5.50. The molecule has 1 heterocycles. The third-order valence-corrected chi connectivity index (χ3v) is 1.50. The number of ether oxygens (including phenoxy) is 1. The SMILES string of the molecule is Nc1c(C(F)F)cnc(OC(F)(F)F)c1F. The first-order valence-corrected chi connectivity index (χ1v) is 3.70. The normalized spacial score (nSPS) is 11.9. The number of nitrogens with two attached hydrogens (primary N) is 1. The molecule has 0 aliphatic heterocycles. The highest BCUT2D eigenvalue weighted by Crippen LogP contribution is 2.32. The van der Waals surface area contributed by atoms with Crippen molar-refractivity contribution < 1.29 is 31.1 Å². The standard InChI is InChI=1S/C7H4F6N2O/c8-3-4(14)2(5(9)10)1-15-6(3)16-7(11,12)13/h1,5H,(H2,14,15). The molecule has 0 unspecified atom stereocenters. The Balaban J connectivity index is 3.12. The van der Waals surface area contributed by atoms with Gasteiger partial charge in [-0.25, -0.2) is 13.8 Å². The number of alkyl halides is 5. The summed E-state index contributed by atoms with van der Waals surface area (Å²) in [6, 6.07) is 0. The molecule has 0 aromatic carbocycles. The van der Waals surface area contributed by atoms with Crippen LogP contribution in [0.4, 0.5) is 32.0 Å². The fourth-order valence-electron chi connectivity index (χ4n) is 0.851. The number of nitrogens with zero attached hydrogens (tertiary/aromatic N) is 1. The number of nitrogen functional groups attached to an aromatic ring is 1. The van der Waals surface area contributed by atoms with Gasteiger partial charge in [0.1, 0.15) is 0 Å². The summed E-state index contributed by atoms with van der Waals surface area (Å²) in [5.74, 6) is -3.26. The molecule has 0 spiro atoms. The second-order valence-electron chi connectivity index (χ2n) is 2.59. The minimum atomic E-state index is -5.17. The van der Waals surface area contributed by atoms with E-state index < -0.39 is 35.7 Å². The molecular formula is C7H4F6N2O. The van der Waals surface area contributed by atoms with Crippen LogP contribution in [0.3, 0.4) is 0 Å². The second kappa shape index (κ2) is 4.06. The van der Waals surface area contributed by atoms with E-state index in [1.165, 1.54) is 0 Å². The molecule has 0 radical (unpaired) electrons. The molecule has 1 aromatic rings. The number of rotatable bonds is 2. The van der Waals surface area contributed by atoms with Crippen molar-refractivity contribution >= 4 is 5.69 Å². The Morgan fingerprint density at radius 3 is 2.31 bits per heavy atom. The molecule has 0 aliphatic rings. The van der Waals surface area contributed by atoms with Crippen LogP contribution in [0.15, 0.2) is 6.20 Å². The number of anilines is 1. The molecule has 9 heteroatoms. The van der Waals surface area contributed by atoms with Gasteiger partial charge in [0.2, 0.25) is 5.82 Å². The molecule has 3 nitrogen and oxygen atoms in total. The molecule has 0 fully saturated rings. The van der Waals surface area contributed by atoms with Gasteiger partial charge in [-0.05, 0) is 0 Å². The van der Waals surface area contributed by atoms with Crippen LogP contribution in [0.1, 0.15) is 12.0 Å². The number of pyridine rings is 1. The zero-order chi connectivity index (χ0) is 12.5. The third kappa shape index (κ3) is 2.67. The lowest BCUT2D eigenvalue weighted by atomic mass is 10.2. The summed E-state index contributed by atoms with van der Waals surface area (Å²) in [6.45, 7) is 0. The van der Waals surface area contributed by atoms with Crippen LogP contribution in [0.2, 0.25) is 0 Å². The van der Waals surface area contributed by atoms with Crippen molar-refractivity contribution in [3.63, 3.8) is 0 Å². The van der Waals surface area contributed by atoms with E-state index in [4.69, 9.17) is 5.73 Å². The Morgan fingerprint density at radius 2 is 1.88 bits per heavy atom. The monoisotopic (exact) mass is 246 g/mol. The molecule has 16 heavy (non-hydrogen) atoms. The van der Waals surface area contributed by atoms with Crippen LogP contribution < -0.4 is 10.5 Å². The summed E-state index contributed by atoms with van der Waals surface area (Å²) >= 11 is 0. The Kier molecular flexibility index (Phi) is 3.15. The Labute approximate surface area is 84.8 Å². The molecule has 0 aliphatic carbocycles. The van der Waals surface area contributed by atoms with E-state index in [-0.39, 0.29) is 0 Å². The quantitative estimate of drug-likeness (QED) is 0.816. The maximum atomic E-state index is 13.0. The van der Waals surface area contributed by atoms with Crippen molar-refractivity contribution in [3.05, 3.63) is 17.6 Å². The predicted octanol–water partition coefficient (Wildman–Crippen LogP) is 2.64. The summed E-state index contributed by atoms with van der Waals surface area (Å²) in [5.41, 5.74) is 2.75. The summed E-state index contributed by atoms with van der Waals surface area (Å²) in [4.78, 5) is 2.77. The van der Waals surface area contributed by atoms with Crippen LogP contribution >= 0.6 is 0 Å². The van der Waals surface area contributed by atoms with Crippen LogP contribution in [0, 0.1) is 5.82 Å². The van der Waals surface area contributed by atoms with Crippen molar-refractivity contribution in [2.24, 2.45) is 0 Å². The van der Waals surface area contributed by atoms with E-state index >= 15 is 0 Å². The molecule has 1 aromatic heterocycles. The van der Waals surface area contributed by atoms with Crippen molar-refractivity contribution in [1.82, 2.24) is 4.98 Å². The fraction of sp³-hybridized carbons (Fsp3) is 0.286. The van der Waals surface area contributed by atoms with Gasteiger partial charge in [0.05, 0.1) is 11.3 Å². The largest absolute Gasteiger partial charge is 0.574 e. The van der Waals surface area contributed by atoms with Crippen molar-refractivity contribution in [3.8, 4) is 5.88 Å². The van der Waals surface area contributed by atoms with E-state index in [0.717, 1.165) is 0 Å². The first-order valence-electron chi connectivity index (χ1n) is 3.70. The lowest BCUT2D eigenvalue weighted by Crippen LogP contribution is -2.19. The Morgan fingerprint density at radius 1 is 1.31 bits per heavy atom. The predicted molar refractivity (Wildman–Crippen MR) is 40.2 cm³/mol. The smallest absolute Gasteiger partial charge is 0.396 e. The van der Waals surface area contributed by atoms with Crippen molar-refractivity contribution in [2.45, 2.75) is 12.8 Å². The van der Waals surface area contributed by atoms with Crippen LogP contribution in [-0.2, 0) is 0 Å². The van der Waals surface area contributed by atoms with Crippen LogP contribution in [0.25, 0.3) is 0 Å². The molecule has 0 saturated heterocycles. The lowest BCUT2D eigenvalue weighted by Gasteiger charge is -2.11. The molecule has 0 amide bonds. The van der Waals surface area contributed by atoms with Gasteiger partial charge >= 0.3 is 6.36 Å². The number of hydrogen-bond acceptors (Lipinski definition) is 3. The maximum Gasteiger partial charge on any atom is 0.574 e. The van der Waals surface area contributed by atoms with Gasteiger partial charge in [0, 0.05) is 6.20 Å². The van der Waals surface area contributed by atoms with Crippen LogP contribution in [-0.4, -0.2) is 11.3 Å². The van der Waals surface area contributed by atoms with Gasteiger partial charge in [-0.3, -0.25) is 0 Å². The van der Waals surface area contributed by atoms with E-state index in [0.29, 0.717) is 6.20 Å². The highest BCUT2D eigenvalue weighted by atomic mass is 19.4. The molecule has 0 saturated carbocycles. The third-order valence-electron chi connectivity index (χ3n) is 1.50. The van der Waals surface area contributed by atoms with Gasteiger partial charge in [0.25, 0.3) is 12.3 Å². The van der Waals surface area contributed by atoms with Crippen molar-refractivity contribution in [2.75, 3.05) is 5.73 Å². The average molecular weight is 246 g/mol. The average Bonchev–Trinajstić information content (AvgIpc) is 2.10. The van der Waals surface area contributed by atoms with Gasteiger partial charge in [0.15, 0.2) is 0 Å². The summed E-state index contributed by atoms with van der Waals surface area (Å²) in [7, 11) is 0. The minimum Gasteiger partial charge on any atom is -0.396 e. The van der Waals surface area contributed by atoms with Crippen LogP contribution in [0.5, 0.6) is 5.88 Å². The zero-order valence-electron chi connectivity index (χ0n) is 7.36. The summed E-state index contributed by atoms with van der Waals surface area (Å²) in [6.07, 6.45) is -7.99. The van der Waals surface area contributed by atoms with Gasteiger partial charge in [-0.1, -0.05) is 0 Å². The topological polar surface area (TPSA) is 48.1 Å². The maximum absolute atomic E-state index is 13.0. The lowest BCUT2D eigenvalue weighted by molar-refractivity contribution is -0.277. The zero-order valence-corrected chi connectivity index (χ0v) is 7.36. The van der Waals surface area contributed by atoms with E-state index in [1.807, 2.05) is 0 Å². The highest BCUT2D eigenvalue weighted by Gasteiger charge is 2.34. The summed E-state index contributed by atoms with van der Waals surface area (Å²) < 4.78 is 75.5. The minimum absolute atomic E-state index is 0.324. The molecular weight excluding hydrogens is 242 g/mol. The fourth-order valence-corrected chi connectivity index (χ4v) is 0.851. The summed E-state index contributed by atoms with van der Waals surface area (Å²) in [5, 5.41) is 0. The number of aromatic nitrogens is 1. The first kappa shape index (κ1) is 12.4. The molecule has 1 rings (SSSR count).